The molecule has 21 heavy (non-hydrogen) atoms. The van der Waals surface area contributed by atoms with E-state index in [4.69, 9.17) is 5.73 Å². The fraction of sp³-hybridized carbons (Fsp3) is 0.133. The van der Waals surface area contributed by atoms with Crippen molar-refractivity contribution < 1.29 is 9.72 Å². The van der Waals surface area contributed by atoms with E-state index in [9.17, 15) is 14.9 Å². The van der Waals surface area contributed by atoms with Crippen molar-refractivity contribution >= 4 is 17.3 Å². The van der Waals surface area contributed by atoms with Crippen LogP contribution in [-0.2, 0) is 13.1 Å². The second-order valence-electron chi connectivity index (χ2n) is 4.93. The van der Waals surface area contributed by atoms with Gasteiger partial charge in [-0.1, -0.05) is 30.3 Å². The molecule has 0 spiro atoms. The van der Waals surface area contributed by atoms with Crippen molar-refractivity contribution in [3.05, 3.63) is 69.3 Å². The third-order valence-electron chi connectivity index (χ3n) is 3.61. The van der Waals surface area contributed by atoms with Crippen LogP contribution < -0.4 is 5.73 Å². The molecule has 2 aromatic carbocycles. The van der Waals surface area contributed by atoms with Gasteiger partial charge < -0.3 is 10.6 Å². The Bertz CT molecular complexity index is 718. The van der Waals surface area contributed by atoms with E-state index in [0.717, 1.165) is 11.1 Å². The molecule has 6 heteroatoms. The van der Waals surface area contributed by atoms with Crippen molar-refractivity contribution in [2.75, 3.05) is 5.73 Å². The molecule has 3 rings (SSSR count). The van der Waals surface area contributed by atoms with Crippen LogP contribution in [0, 0.1) is 10.1 Å². The number of hydrogen-bond donors (Lipinski definition) is 1. The van der Waals surface area contributed by atoms with Crippen LogP contribution in [0.4, 0.5) is 11.4 Å². The number of nitro groups is 1. The maximum Gasteiger partial charge on any atom is 0.304 e. The van der Waals surface area contributed by atoms with Crippen LogP contribution in [-0.4, -0.2) is 15.7 Å². The number of hydrogen-bond acceptors (Lipinski definition) is 4. The Morgan fingerprint density at radius 3 is 2.29 bits per heavy atom. The number of para-hydroxylation sites is 1. The van der Waals surface area contributed by atoms with Crippen LogP contribution in [0.5, 0.6) is 0 Å². The molecule has 0 bridgehead atoms. The van der Waals surface area contributed by atoms with Crippen molar-refractivity contribution in [1.82, 2.24) is 4.90 Å². The summed E-state index contributed by atoms with van der Waals surface area (Å²) >= 11 is 0. The quantitative estimate of drug-likeness (QED) is 0.520. The van der Waals surface area contributed by atoms with Crippen molar-refractivity contribution in [3.63, 3.8) is 0 Å². The highest BCUT2D eigenvalue weighted by molar-refractivity contribution is 6.00. The summed E-state index contributed by atoms with van der Waals surface area (Å²) in [4.78, 5) is 24.7. The van der Waals surface area contributed by atoms with Gasteiger partial charge in [-0.2, -0.15) is 0 Å². The molecule has 0 aromatic heterocycles. The summed E-state index contributed by atoms with van der Waals surface area (Å²) in [6.45, 7) is 0.919. The minimum absolute atomic E-state index is 0.00237. The molecular weight excluding hydrogens is 270 g/mol. The van der Waals surface area contributed by atoms with Gasteiger partial charge in [0.2, 0.25) is 0 Å². The molecule has 1 aliphatic rings. The van der Waals surface area contributed by atoms with Crippen molar-refractivity contribution in [1.29, 1.82) is 0 Å². The summed E-state index contributed by atoms with van der Waals surface area (Å²) in [5.41, 5.74) is 7.48. The Labute approximate surface area is 120 Å². The number of carbonyl (C=O) groups is 1. The summed E-state index contributed by atoms with van der Waals surface area (Å²) in [6.07, 6.45) is 0. The monoisotopic (exact) mass is 283 g/mol. The lowest BCUT2D eigenvalue weighted by Crippen LogP contribution is -2.26. The van der Waals surface area contributed by atoms with Crippen molar-refractivity contribution in [2.45, 2.75) is 13.1 Å². The number of nitrogens with two attached hydrogens (primary N) is 1. The van der Waals surface area contributed by atoms with Gasteiger partial charge in [-0.25, -0.2) is 0 Å². The zero-order valence-electron chi connectivity index (χ0n) is 11.2. The molecule has 2 aromatic rings. The van der Waals surface area contributed by atoms with E-state index in [0.29, 0.717) is 13.1 Å². The normalized spacial score (nSPS) is 13.0. The molecule has 0 unspecified atom stereocenters. The van der Waals surface area contributed by atoms with E-state index >= 15 is 0 Å². The first-order chi connectivity index (χ1) is 10.1. The summed E-state index contributed by atoms with van der Waals surface area (Å²) in [6, 6.07) is 12.2. The lowest BCUT2D eigenvalue weighted by atomic mass is 10.1. The first-order valence-corrected chi connectivity index (χ1v) is 6.47. The predicted molar refractivity (Wildman–Crippen MR) is 77.5 cm³/mol. The predicted octanol–water partition coefficient (Wildman–Crippen LogP) is 2.33. The first-order valence-electron chi connectivity index (χ1n) is 6.47. The fourth-order valence-electron chi connectivity index (χ4n) is 2.58. The van der Waals surface area contributed by atoms with Gasteiger partial charge in [0.25, 0.3) is 5.91 Å². The van der Waals surface area contributed by atoms with E-state index in [-0.39, 0.29) is 22.8 Å². The van der Waals surface area contributed by atoms with Gasteiger partial charge in [-0.15, -0.1) is 0 Å². The second-order valence-corrected chi connectivity index (χ2v) is 4.93. The van der Waals surface area contributed by atoms with Crippen LogP contribution in [0.2, 0.25) is 0 Å². The molecule has 0 radical (unpaired) electrons. The summed E-state index contributed by atoms with van der Waals surface area (Å²) in [5.74, 6) is -0.370. The number of nitrogens with zero attached hydrogens (tertiary/aromatic N) is 2. The van der Waals surface area contributed by atoms with Crippen LogP contribution in [0.3, 0.4) is 0 Å². The highest BCUT2D eigenvalue weighted by Crippen LogP contribution is 2.30. The van der Waals surface area contributed by atoms with Crippen molar-refractivity contribution in [2.24, 2.45) is 0 Å². The lowest BCUT2D eigenvalue weighted by molar-refractivity contribution is -0.384. The van der Waals surface area contributed by atoms with E-state index in [1.165, 1.54) is 12.1 Å². The zero-order valence-corrected chi connectivity index (χ0v) is 11.2. The summed E-state index contributed by atoms with van der Waals surface area (Å²) in [5, 5.41) is 11.1. The third kappa shape index (κ3) is 2.20. The highest BCUT2D eigenvalue weighted by Gasteiger charge is 2.30. The standard InChI is InChI=1S/C15H13N3O3/c16-13-7-3-6-12(14(13)18(20)21)15(19)17-8-10-4-1-2-5-11(10)9-17/h1-7H,8-9,16H2. The SMILES string of the molecule is Nc1cccc(C(=O)N2Cc3ccccc3C2)c1[N+](=O)[O-]. The van der Waals surface area contributed by atoms with Gasteiger partial charge in [0, 0.05) is 13.1 Å². The Morgan fingerprint density at radius 2 is 1.71 bits per heavy atom. The maximum absolute atomic E-state index is 12.6. The van der Waals surface area contributed by atoms with Crippen LogP contribution in [0.1, 0.15) is 21.5 Å². The first kappa shape index (κ1) is 13.1. The number of nitro benzene ring substituents is 1. The number of anilines is 1. The van der Waals surface area contributed by atoms with Gasteiger partial charge in [-0.3, -0.25) is 14.9 Å². The zero-order chi connectivity index (χ0) is 15.0. The minimum atomic E-state index is -0.605. The van der Waals surface area contributed by atoms with Crippen molar-refractivity contribution in [3.8, 4) is 0 Å². The molecule has 6 nitrogen and oxygen atoms in total. The summed E-state index contributed by atoms with van der Waals surface area (Å²) < 4.78 is 0. The Kier molecular flexibility index (Phi) is 3.06. The molecule has 2 N–H and O–H groups in total. The second kappa shape index (κ2) is 4.90. The number of rotatable bonds is 2. The van der Waals surface area contributed by atoms with E-state index in [1.807, 2.05) is 24.3 Å². The fourth-order valence-corrected chi connectivity index (χ4v) is 2.58. The number of nitrogen functional groups attached to an aromatic ring is 1. The molecule has 0 saturated carbocycles. The summed E-state index contributed by atoms with van der Waals surface area (Å²) in [7, 11) is 0. The van der Waals surface area contributed by atoms with E-state index in [2.05, 4.69) is 0 Å². The average molecular weight is 283 g/mol. The minimum Gasteiger partial charge on any atom is -0.393 e. The third-order valence-corrected chi connectivity index (χ3v) is 3.61. The molecule has 106 valence electrons. The van der Waals surface area contributed by atoms with Gasteiger partial charge >= 0.3 is 5.69 Å². The van der Waals surface area contributed by atoms with Gasteiger partial charge in [0.05, 0.1) is 4.92 Å². The molecule has 1 aliphatic heterocycles. The van der Waals surface area contributed by atoms with E-state index < -0.39 is 4.92 Å². The maximum atomic E-state index is 12.6. The lowest BCUT2D eigenvalue weighted by Gasteiger charge is -2.15. The number of benzene rings is 2. The average Bonchev–Trinajstić information content (AvgIpc) is 2.89. The number of carbonyl (C=O) groups excluding carboxylic acids is 1. The molecule has 0 saturated heterocycles. The van der Waals surface area contributed by atoms with Gasteiger partial charge in [-0.05, 0) is 23.3 Å². The van der Waals surface area contributed by atoms with Crippen LogP contribution in [0.25, 0.3) is 0 Å². The molecular formula is C15H13N3O3. The Hall–Kier alpha value is -2.89. The largest absolute Gasteiger partial charge is 0.393 e. The van der Waals surface area contributed by atoms with Crippen LogP contribution >= 0.6 is 0 Å². The highest BCUT2D eigenvalue weighted by atomic mass is 16.6. The smallest absolute Gasteiger partial charge is 0.304 e. The van der Waals surface area contributed by atoms with Gasteiger partial charge in [0.1, 0.15) is 11.3 Å². The Morgan fingerprint density at radius 1 is 1.10 bits per heavy atom. The van der Waals surface area contributed by atoms with Gasteiger partial charge in [0.15, 0.2) is 0 Å². The number of amides is 1. The molecule has 0 fully saturated rings. The molecule has 0 atom stereocenters. The number of fused-ring (bicyclic) bond motifs is 1. The molecule has 0 aliphatic carbocycles. The molecule has 1 heterocycles. The van der Waals surface area contributed by atoms with E-state index in [1.54, 1.807) is 11.0 Å². The Balaban J connectivity index is 1.95. The van der Waals surface area contributed by atoms with Crippen LogP contribution in [0.15, 0.2) is 42.5 Å². The molecule has 1 amide bonds. The topological polar surface area (TPSA) is 89.5 Å².